The van der Waals surface area contributed by atoms with Gasteiger partial charge in [0.05, 0.1) is 0 Å². The van der Waals surface area contributed by atoms with Crippen molar-refractivity contribution in [1.29, 1.82) is 0 Å². The summed E-state index contributed by atoms with van der Waals surface area (Å²) in [5, 5.41) is 0. The van der Waals surface area contributed by atoms with Crippen LogP contribution in [0, 0.1) is 0 Å². The van der Waals surface area contributed by atoms with Crippen LogP contribution in [0.15, 0.2) is 0 Å². The molecule has 0 bridgehead atoms. The van der Waals surface area contributed by atoms with Crippen LogP contribution in [0.4, 0.5) is 0 Å². The Hall–Kier alpha value is -0.150. The number of nitrogens with zero attached hydrogens (tertiary/aromatic N) is 1. The Morgan fingerprint density at radius 3 is 2.90 bits per heavy atom. The number of piperidine rings is 1. The van der Waals surface area contributed by atoms with Gasteiger partial charge in [-0.3, -0.25) is 0 Å². The average molecular weight is 159 g/mol. The number of methoxy groups -OCH3 is 1. The van der Waals surface area contributed by atoms with E-state index in [1.807, 2.05) is 7.05 Å². The highest BCUT2D eigenvalue weighted by Crippen LogP contribution is 2.13. The molecule has 0 saturated carbocycles. The van der Waals surface area contributed by atoms with E-state index in [0.717, 1.165) is 18.0 Å². The van der Waals surface area contributed by atoms with Gasteiger partial charge in [-0.2, -0.15) is 0 Å². The van der Waals surface area contributed by atoms with E-state index in [-0.39, 0.29) is 6.10 Å². The third kappa shape index (κ3) is 1.47. The molecule has 0 N–H and O–H groups in total. The summed E-state index contributed by atoms with van der Waals surface area (Å²) in [7, 11) is 3.74. The number of ether oxygens (including phenoxy) is 1. The van der Waals surface area contributed by atoms with Crippen molar-refractivity contribution in [3.8, 4) is 0 Å². The normalized spacial score (nSPS) is 27.2. The molecule has 1 fully saturated rings. The van der Waals surface area contributed by atoms with Crippen molar-refractivity contribution < 1.29 is 4.74 Å². The standard InChI is InChI=1S/C7H13NOS/c1-8-5-3-4-6(9-2)7(8)10/h6H,3-5H2,1-2H3. The van der Waals surface area contributed by atoms with Gasteiger partial charge in [0.2, 0.25) is 0 Å². The predicted octanol–water partition coefficient (Wildman–Crippen LogP) is 1.05. The molecule has 1 unspecified atom stereocenters. The molecule has 1 heterocycles. The summed E-state index contributed by atoms with van der Waals surface area (Å²) in [6.45, 7) is 1.08. The molecule has 1 aliphatic heterocycles. The van der Waals surface area contributed by atoms with Crippen LogP contribution in [0.2, 0.25) is 0 Å². The lowest BCUT2D eigenvalue weighted by Gasteiger charge is -2.30. The fourth-order valence-electron chi connectivity index (χ4n) is 1.21. The van der Waals surface area contributed by atoms with Gasteiger partial charge in [0.15, 0.2) is 0 Å². The van der Waals surface area contributed by atoms with E-state index in [1.54, 1.807) is 7.11 Å². The van der Waals surface area contributed by atoms with Crippen molar-refractivity contribution in [3.05, 3.63) is 0 Å². The second-order valence-corrected chi connectivity index (χ2v) is 3.04. The van der Waals surface area contributed by atoms with Gasteiger partial charge in [-0.15, -0.1) is 0 Å². The molecule has 10 heavy (non-hydrogen) atoms. The molecule has 3 heteroatoms. The Kier molecular flexibility index (Phi) is 2.63. The lowest BCUT2D eigenvalue weighted by Crippen LogP contribution is -2.41. The van der Waals surface area contributed by atoms with Crippen molar-refractivity contribution in [3.63, 3.8) is 0 Å². The van der Waals surface area contributed by atoms with Crippen molar-refractivity contribution in [2.45, 2.75) is 18.9 Å². The molecule has 0 aromatic rings. The van der Waals surface area contributed by atoms with Crippen molar-refractivity contribution in [1.82, 2.24) is 4.90 Å². The Labute approximate surface area is 67.2 Å². The molecule has 1 saturated heterocycles. The molecule has 0 radical (unpaired) electrons. The van der Waals surface area contributed by atoms with Crippen LogP contribution in [0.5, 0.6) is 0 Å². The Morgan fingerprint density at radius 1 is 1.70 bits per heavy atom. The minimum atomic E-state index is 0.189. The van der Waals surface area contributed by atoms with Crippen molar-refractivity contribution >= 4 is 17.2 Å². The zero-order valence-corrected chi connectivity index (χ0v) is 7.28. The number of likely N-dealkylation sites (tertiary alicyclic amines) is 1. The number of hydrogen-bond acceptors (Lipinski definition) is 2. The molecule has 0 spiro atoms. The molecular weight excluding hydrogens is 146 g/mol. The minimum Gasteiger partial charge on any atom is -0.374 e. The van der Waals surface area contributed by atoms with E-state index in [4.69, 9.17) is 17.0 Å². The summed E-state index contributed by atoms with van der Waals surface area (Å²) in [5.41, 5.74) is 0. The van der Waals surface area contributed by atoms with Crippen LogP contribution >= 0.6 is 12.2 Å². The van der Waals surface area contributed by atoms with Gasteiger partial charge < -0.3 is 9.64 Å². The Bertz CT molecular complexity index is 138. The van der Waals surface area contributed by atoms with E-state index in [0.29, 0.717) is 0 Å². The van der Waals surface area contributed by atoms with Gasteiger partial charge in [0.25, 0.3) is 0 Å². The molecule has 0 aromatic carbocycles. The lowest BCUT2D eigenvalue weighted by atomic mass is 10.1. The number of rotatable bonds is 1. The summed E-state index contributed by atoms with van der Waals surface area (Å²) in [5.74, 6) is 0. The highest BCUT2D eigenvalue weighted by Gasteiger charge is 2.21. The van der Waals surface area contributed by atoms with E-state index >= 15 is 0 Å². The maximum atomic E-state index is 5.19. The molecule has 0 amide bonds. The first-order valence-corrected chi connectivity index (χ1v) is 3.94. The summed E-state index contributed by atoms with van der Waals surface area (Å²) < 4.78 is 5.19. The van der Waals surface area contributed by atoms with E-state index in [2.05, 4.69) is 4.90 Å². The largest absolute Gasteiger partial charge is 0.374 e. The van der Waals surface area contributed by atoms with Gasteiger partial charge in [0, 0.05) is 20.7 Å². The molecular formula is C7H13NOS. The highest BCUT2D eigenvalue weighted by molar-refractivity contribution is 7.80. The lowest BCUT2D eigenvalue weighted by molar-refractivity contribution is 0.125. The Balaban J connectivity index is 2.51. The fraction of sp³-hybridized carbons (Fsp3) is 0.857. The van der Waals surface area contributed by atoms with Crippen LogP contribution < -0.4 is 0 Å². The topological polar surface area (TPSA) is 12.5 Å². The van der Waals surface area contributed by atoms with E-state index in [1.165, 1.54) is 6.42 Å². The first kappa shape index (κ1) is 7.95. The van der Waals surface area contributed by atoms with Crippen molar-refractivity contribution in [2.24, 2.45) is 0 Å². The van der Waals surface area contributed by atoms with Gasteiger partial charge in [-0.25, -0.2) is 0 Å². The smallest absolute Gasteiger partial charge is 0.107 e. The quantitative estimate of drug-likeness (QED) is 0.531. The van der Waals surface area contributed by atoms with E-state index < -0.39 is 0 Å². The maximum Gasteiger partial charge on any atom is 0.107 e. The van der Waals surface area contributed by atoms with Crippen LogP contribution in [0.3, 0.4) is 0 Å². The number of hydrogen-bond donors (Lipinski definition) is 0. The molecule has 0 aromatic heterocycles. The molecule has 1 rings (SSSR count). The van der Waals surface area contributed by atoms with Gasteiger partial charge in [0.1, 0.15) is 11.1 Å². The van der Waals surface area contributed by atoms with Gasteiger partial charge >= 0.3 is 0 Å². The summed E-state index contributed by atoms with van der Waals surface area (Å²) in [6, 6.07) is 0. The first-order chi connectivity index (χ1) is 4.75. The van der Waals surface area contributed by atoms with Crippen LogP contribution in [0.25, 0.3) is 0 Å². The third-order valence-corrected chi connectivity index (χ3v) is 2.47. The molecule has 1 atom stereocenters. The highest BCUT2D eigenvalue weighted by atomic mass is 32.1. The van der Waals surface area contributed by atoms with Crippen LogP contribution in [-0.4, -0.2) is 36.7 Å². The number of likely N-dealkylation sites (N-methyl/N-ethyl adjacent to an activating group) is 1. The first-order valence-electron chi connectivity index (χ1n) is 3.53. The molecule has 2 nitrogen and oxygen atoms in total. The fourth-order valence-corrected chi connectivity index (χ4v) is 1.52. The van der Waals surface area contributed by atoms with Crippen molar-refractivity contribution in [2.75, 3.05) is 20.7 Å². The zero-order valence-electron chi connectivity index (χ0n) is 6.46. The Morgan fingerprint density at radius 2 is 2.40 bits per heavy atom. The zero-order chi connectivity index (χ0) is 7.56. The second-order valence-electron chi connectivity index (χ2n) is 2.63. The predicted molar refractivity (Wildman–Crippen MR) is 45.3 cm³/mol. The second kappa shape index (κ2) is 3.30. The molecule has 58 valence electrons. The van der Waals surface area contributed by atoms with Crippen LogP contribution in [-0.2, 0) is 4.74 Å². The monoisotopic (exact) mass is 159 g/mol. The third-order valence-electron chi connectivity index (χ3n) is 1.90. The molecule has 0 aliphatic carbocycles. The molecule has 1 aliphatic rings. The van der Waals surface area contributed by atoms with Crippen LogP contribution in [0.1, 0.15) is 12.8 Å². The minimum absolute atomic E-state index is 0.189. The van der Waals surface area contributed by atoms with Gasteiger partial charge in [-0.1, -0.05) is 12.2 Å². The maximum absolute atomic E-state index is 5.19. The SMILES string of the molecule is COC1CCCN(C)C1=S. The summed E-state index contributed by atoms with van der Waals surface area (Å²) in [4.78, 5) is 3.04. The summed E-state index contributed by atoms with van der Waals surface area (Å²) >= 11 is 5.15. The number of thiocarbonyl (C=S) groups is 1. The summed E-state index contributed by atoms with van der Waals surface area (Å²) in [6.07, 6.45) is 2.46. The average Bonchev–Trinajstić information content (AvgIpc) is 1.95. The van der Waals surface area contributed by atoms with Gasteiger partial charge in [-0.05, 0) is 12.8 Å². The van der Waals surface area contributed by atoms with E-state index in [9.17, 15) is 0 Å².